The molecule has 0 bridgehead atoms. The van der Waals surface area contributed by atoms with Crippen molar-refractivity contribution >= 4 is 21.6 Å². The van der Waals surface area contributed by atoms with Crippen molar-refractivity contribution in [1.29, 1.82) is 0 Å². The van der Waals surface area contributed by atoms with Crippen molar-refractivity contribution in [2.24, 2.45) is 5.92 Å². The maximum Gasteiger partial charge on any atom is 0.208 e. The molecule has 21 heavy (non-hydrogen) atoms. The van der Waals surface area contributed by atoms with Crippen LogP contribution < -0.4 is 4.72 Å². The van der Waals surface area contributed by atoms with Crippen molar-refractivity contribution in [3.05, 3.63) is 34.9 Å². The van der Waals surface area contributed by atoms with Gasteiger partial charge in [0, 0.05) is 24.2 Å². The summed E-state index contributed by atoms with van der Waals surface area (Å²) in [7, 11) is -3.10. The number of halogens is 1. The normalized spacial score (nSPS) is 22.1. The Bertz CT molecular complexity index is 560. The SMILES string of the molecule is C[C@H](c1ccc(Cl)cc1)N1CCC[C@H](CNS(C)(=O)=O)C1. The van der Waals surface area contributed by atoms with E-state index in [9.17, 15) is 8.42 Å². The number of nitrogens with one attached hydrogen (secondary N) is 1. The highest BCUT2D eigenvalue weighted by Gasteiger charge is 2.24. The van der Waals surface area contributed by atoms with Crippen LogP contribution in [0.3, 0.4) is 0 Å². The number of hydrogen-bond acceptors (Lipinski definition) is 3. The lowest BCUT2D eigenvalue weighted by atomic mass is 9.95. The molecule has 1 N–H and O–H groups in total. The van der Waals surface area contributed by atoms with E-state index >= 15 is 0 Å². The third kappa shape index (κ3) is 5.25. The Balaban J connectivity index is 1.95. The molecule has 1 aromatic carbocycles. The minimum atomic E-state index is -3.10. The van der Waals surface area contributed by atoms with Gasteiger partial charge >= 0.3 is 0 Å². The van der Waals surface area contributed by atoms with Crippen LogP contribution in [0, 0.1) is 5.92 Å². The number of benzene rings is 1. The van der Waals surface area contributed by atoms with Crippen molar-refractivity contribution in [1.82, 2.24) is 9.62 Å². The molecule has 2 rings (SSSR count). The van der Waals surface area contributed by atoms with Crippen molar-refractivity contribution in [3.8, 4) is 0 Å². The van der Waals surface area contributed by atoms with Gasteiger partial charge in [0.05, 0.1) is 6.26 Å². The van der Waals surface area contributed by atoms with Crippen LogP contribution in [0.15, 0.2) is 24.3 Å². The first-order valence-electron chi connectivity index (χ1n) is 7.29. The van der Waals surface area contributed by atoms with E-state index in [4.69, 9.17) is 11.6 Å². The summed E-state index contributed by atoms with van der Waals surface area (Å²) in [6, 6.07) is 8.28. The molecular weight excluding hydrogens is 308 g/mol. The zero-order valence-corrected chi connectivity index (χ0v) is 14.1. The van der Waals surface area contributed by atoms with Gasteiger partial charge < -0.3 is 0 Å². The molecule has 1 aromatic rings. The lowest BCUT2D eigenvalue weighted by molar-refractivity contribution is 0.133. The molecule has 1 saturated heterocycles. The van der Waals surface area contributed by atoms with Crippen LogP contribution in [0.2, 0.25) is 5.02 Å². The summed E-state index contributed by atoms with van der Waals surface area (Å²) in [5, 5.41) is 0.750. The number of sulfonamides is 1. The Hall–Kier alpha value is -0.620. The van der Waals surface area contributed by atoms with Crippen molar-refractivity contribution in [2.45, 2.75) is 25.8 Å². The molecule has 0 amide bonds. The molecule has 1 heterocycles. The summed E-state index contributed by atoms with van der Waals surface area (Å²) < 4.78 is 25.0. The van der Waals surface area contributed by atoms with E-state index < -0.39 is 10.0 Å². The molecule has 0 spiro atoms. The Morgan fingerprint density at radius 1 is 1.38 bits per heavy atom. The van der Waals surface area contributed by atoms with Crippen LogP contribution in [-0.4, -0.2) is 39.2 Å². The Kier molecular flexibility index (Phi) is 5.66. The minimum Gasteiger partial charge on any atom is -0.296 e. The lowest BCUT2D eigenvalue weighted by Crippen LogP contribution is -2.41. The Morgan fingerprint density at radius 2 is 2.05 bits per heavy atom. The maximum atomic E-state index is 11.2. The average Bonchev–Trinajstić information content (AvgIpc) is 2.45. The molecule has 1 fully saturated rings. The molecule has 1 aliphatic rings. The van der Waals surface area contributed by atoms with E-state index in [0.717, 1.165) is 31.0 Å². The highest BCUT2D eigenvalue weighted by atomic mass is 35.5. The van der Waals surface area contributed by atoms with Gasteiger partial charge in [0.2, 0.25) is 10.0 Å². The van der Waals surface area contributed by atoms with Gasteiger partial charge in [-0.05, 0) is 49.9 Å². The molecule has 2 atom stereocenters. The molecule has 0 unspecified atom stereocenters. The fourth-order valence-corrected chi connectivity index (χ4v) is 3.50. The number of nitrogens with zero attached hydrogens (tertiary/aromatic N) is 1. The summed E-state index contributed by atoms with van der Waals surface area (Å²) in [5.41, 5.74) is 1.25. The van der Waals surface area contributed by atoms with Gasteiger partial charge in [-0.3, -0.25) is 4.90 Å². The standard InChI is InChI=1S/C15H23ClN2O2S/c1-12(14-5-7-15(16)8-6-14)18-9-3-4-13(11-18)10-17-21(2,19)20/h5-8,12-13,17H,3-4,9-11H2,1-2H3/t12-,13-/m1/s1. The number of hydrogen-bond donors (Lipinski definition) is 1. The molecular formula is C15H23ClN2O2S. The predicted octanol–water partition coefficient (Wildman–Crippen LogP) is 2.66. The topological polar surface area (TPSA) is 49.4 Å². The summed E-state index contributed by atoms with van der Waals surface area (Å²) >= 11 is 5.93. The Morgan fingerprint density at radius 3 is 2.67 bits per heavy atom. The smallest absolute Gasteiger partial charge is 0.208 e. The van der Waals surface area contributed by atoms with Crippen LogP contribution in [0.1, 0.15) is 31.4 Å². The molecule has 0 aliphatic carbocycles. The van der Waals surface area contributed by atoms with E-state index in [1.807, 2.05) is 12.1 Å². The van der Waals surface area contributed by atoms with Crippen LogP contribution in [0.25, 0.3) is 0 Å². The van der Waals surface area contributed by atoms with Crippen molar-refractivity contribution in [3.63, 3.8) is 0 Å². The van der Waals surface area contributed by atoms with Gasteiger partial charge in [-0.1, -0.05) is 23.7 Å². The molecule has 0 radical (unpaired) electrons. The van der Waals surface area contributed by atoms with E-state index in [1.54, 1.807) is 0 Å². The summed E-state index contributed by atoms with van der Waals surface area (Å²) in [6.07, 6.45) is 3.39. The highest BCUT2D eigenvalue weighted by Crippen LogP contribution is 2.27. The second-order valence-corrected chi connectivity index (χ2v) is 8.12. The van der Waals surface area contributed by atoms with E-state index in [1.165, 1.54) is 11.8 Å². The minimum absolute atomic E-state index is 0.323. The zero-order chi connectivity index (χ0) is 15.5. The quantitative estimate of drug-likeness (QED) is 0.903. The van der Waals surface area contributed by atoms with Crippen molar-refractivity contribution < 1.29 is 8.42 Å². The maximum absolute atomic E-state index is 11.2. The predicted molar refractivity (Wildman–Crippen MR) is 87.0 cm³/mol. The second-order valence-electron chi connectivity index (χ2n) is 5.85. The van der Waals surface area contributed by atoms with Crippen LogP contribution in [0.5, 0.6) is 0 Å². The lowest BCUT2D eigenvalue weighted by Gasteiger charge is -2.37. The molecule has 0 aromatic heterocycles. The third-order valence-corrected chi connectivity index (χ3v) is 5.03. The Labute approximate surface area is 132 Å². The van der Waals surface area contributed by atoms with Crippen LogP contribution in [-0.2, 0) is 10.0 Å². The second kappa shape index (κ2) is 7.09. The van der Waals surface area contributed by atoms with Gasteiger partial charge in [-0.2, -0.15) is 0 Å². The molecule has 4 nitrogen and oxygen atoms in total. The fraction of sp³-hybridized carbons (Fsp3) is 0.600. The highest BCUT2D eigenvalue weighted by molar-refractivity contribution is 7.88. The first kappa shape index (κ1) is 16.7. The van der Waals surface area contributed by atoms with E-state index in [2.05, 4.69) is 28.7 Å². The number of likely N-dealkylation sites (tertiary alicyclic amines) is 1. The molecule has 1 aliphatic heterocycles. The fourth-order valence-electron chi connectivity index (χ4n) is 2.84. The average molecular weight is 331 g/mol. The largest absolute Gasteiger partial charge is 0.296 e. The number of rotatable bonds is 5. The number of piperidine rings is 1. The summed E-state index contributed by atoms with van der Waals surface area (Å²) in [4.78, 5) is 2.42. The molecule has 0 saturated carbocycles. The first-order chi connectivity index (χ1) is 9.85. The summed E-state index contributed by atoms with van der Waals surface area (Å²) in [6.45, 7) is 4.70. The zero-order valence-electron chi connectivity index (χ0n) is 12.5. The molecule has 118 valence electrons. The van der Waals surface area contributed by atoms with Gasteiger partial charge in [0.1, 0.15) is 0 Å². The van der Waals surface area contributed by atoms with Crippen LogP contribution in [0.4, 0.5) is 0 Å². The van der Waals surface area contributed by atoms with Gasteiger partial charge in [0.15, 0.2) is 0 Å². The summed E-state index contributed by atoms with van der Waals surface area (Å²) in [5.74, 6) is 0.378. The van der Waals surface area contributed by atoms with Gasteiger partial charge in [-0.25, -0.2) is 13.1 Å². The van der Waals surface area contributed by atoms with E-state index in [0.29, 0.717) is 18.5 Å². The van der Waals surface area contributed by atoms with Gasteiger partial charge in [-0.15, -0.1) is 0 Å². The van der Waals surface area contributed by atoms with Gasteiger partial charge in [0.25, 0.3) is 0 Å². The van der Waals surface area contributed by atoms with Crippen molar-refractivity contribution in [2.75, 3.05) is 25.9 Å². The monoisotopic (exact) mass is 330 g/mol. The van der Waals surface area contributed by atoms with E-state index in [-0.39, 0.29) is 0 Å². The van der Waals surface area contributed by atoms with Crippen LogP contribution >= 0.6 is 11.6 Å². The molecule has 6 heteroatoms. The first-order valence-corrected chi connectivity index (χ1v) is 9.56. The third-order valence-electron chi connectivity index (χ3n) is 4.08.